The second kappa shape index (κ2) is 7.61. The molecule has 0 unspecified atom stereocenters. The molecule has 0 bridgehead atoms. The van der Waals surface area contributed by atoms with Crippen molar-refractivity contribution in [3.05, 3.63) is 17.0 Å². The van der Waals surface area contributed by atoms with Gasteiger partial charge in [-0.2, -0.15) is 0 Å². The molecule has 0 fully saturated rings. The molecule has 1 aromatic rings. The van der Waals surface area contributed by atoms with Gasteiger partial charge in [0.1, 0.15) is 5.00 Å². The van der Waals surface area contributed by atoms with Gasteiger partial charge in [-0.15, -0.1) is 11.3 Å². The van der Waals surface area contributed by atoms with Gasteiger partial charge in [0.25, 0.3) is 5.91 Å². The summed E-state index contributed by atoms with van der Waals surface area (Å²) in [6.45, 7) is 2.42. The molecule has 2 amide bonds. The van der Waals surface area contributed by atoms with Gasteiger partial charge in [0, 0.05) is 0 Å². The van der Waals surface area contributed by atoms with E-state index in [2.05, 4.69) is 10.1 Å². The lowest BCUT2D eigenvalue weighted by molar-refractivity contribution is -0.142. The smallest absolute Gasteiger partial charge is 0.319 e. The normalized spacial score (nSPS) is 10.3. The van der Waals surface area contributed by atoms with Gasteiger partial charge in [-0.1, -0.05) is 6.92 Å². The highest BCUT2D eigenvalue weighted by Crippen LogP contribution is 2.22. The Kier molecular flexibility index (Phi) is 6.13. The Bertz CT molecular complexity index is 501. The molecule has 7 nitrogen and oxygen atoms in total. The van der Waals surface area contributed by atoms with Crippen molar-refractivity contribution in [3.8, 4) is 0 Å². The summed E-state index contributed by atoms with van der Waals surface area (Å²) < 4.78 is 4.55. The van der Waals surface area contributed by atoms with Crippen LogP contribution < -0.4 is 11.1 Å². The summed E-state index contributed by atoms with van der Waals surface area (Å²) in [5.41, 5.74) is 5.47. The lowest BCUT2D eigenvalue weighted by Crippen LogP contribution is -2.37. The molecule has 0 spiro atoms. The highest BCUT2D eigenvalue weighted by atomic mass is 32.1. The second-order valence-electron chi connectivity index (χ2n) is 3.96. The number of hydrogen-bond donors (Lipinski definition) is 2. The summed E-state index contributed by atoms with van der Waals surface area (Å²) in [6, 6.07) is 1.55. The van der Waals surface area contributed by atoms with Crippen molar-refractivity contribution in [3.63, 3.8) is 0 Å². The van der Waals surface area contributed by atoms with E-state index < -0.39 is 11.9 Å². The number of thiophene rings is 1. The monoisotopic (exact) mass is 299 g/mol. The molecule has 0 aliphatic carbocycles. The van der Waals surface area contributed by atoms with Crippen LogP contribution >= 0.6 is 11.3 Å². The van der Waals surface area contributed by atoms with Crippen molar-refractivity contribution in [2.45, 2.75) is 6.92 Å². The van der Waals surface area contributed by atoms with Crippen LogP contribution in [0.25, 0.3) is 0 Å². The molecule has 3 N–H and O–H groups in total. The molecule has 0 aliphatic rings. The highest BCUT2D eigenvalue weighted by molar-refractivity contribution is 7.14. The zero-order valence-corrected chi connectivity index (χ0v) is 12.2. The minimum absolute atomic E-state index is 0.0295. The number of likely N-dealkylation sites (N-methyl/N-ethyl adjacent to an activating group) is 1. The lowest BCUT2D eigenvalue weighted by atomic mass is 10.3. The zero-order valence-electron chi connectivity index (χ0n) is 11.3. The molecule has 0 aromatic carbocycles. The van der Waals surface area contributed by atoms with Crippen LogP contribution in [0.1, 0.15) is 17.3 Å². The molecule has 1 aromatic heterocycles. The van der Waals surface area contributed by atoms with E-state index in [1.165, 1.54) is 18.4 Å². The molecule has 0 aliphatic heterocycles. The van der Waals surface area contributed by atoms with E-state index >= 15 is 0 Å². The Morgan fingerprint density at radius 2 is 2.10 bits per heavy atom. The number of carbonyl (C=O) groups excluding carboxylic acids is 3. The molecule has 0 saturated heterocycles. The maximum absolute atomic E-state index is 11.9. The Labute approximate surface area is 120 Å². The number of amides is 2. The molecule has 1 heterocycles. The minimum atomic E-state index is -0.594. The SMILES string of the molecule is CCN(CC(=O)Nc1sccc1C(N)=O)CC(=O)OC. The Morgan fingerprint density at radius 3 is 2.65 bits per heavy atom. The topological polar surface area (TPSA) is 102 Å². The fraction of sp³-hybridized carbons (Fsp3) is 0.417. The summed E-state index contributed by atoms with van der Waals surface area (Å²) in [5.74, 6) is -1.32. The average molecular weight is 299 g/mol. The Hall–Kier alpha value is -1.93. The van der Waals surface area contributed by atoms with Gasteiger partial charge in [0.05, 0.1) is 25.8 Å². The number of methoxy groups -OCH3 is 1. The number of nitrogens with one attached hydrogen (secondary N) is 1. The molecule has 8 heteroatoms. The van der Waals surface area contributed by atoms with E-state index in [0.29, 0.717) is 11.5 Å². The van der Waals surface area contributed by atoms with E-state index in [1.807, 2.05) is 6.92 Å². The van der Waals surface area contributed by atoms with Crippen LogP contribution in [-0.2, 0) is 14.3 Å². The number of ether oxygens (including phenoxy) is 1. The first-order chi connectivity index (χ1) is 9.47. The third-order valence-electron chi connectivity index (χ3n) is 2.58. The fourth-order valence-electron chi connectivity index (χ4n) is 1.50. The molecule has 0 atom stereocenters. The summed E-state index contributed by atoms with van der Waals surface area (Å²) in [5, 5.41) is 4.69. The largest absolute Gasteiger partial charge is 0.468 e. The summed E-state index contributed by atoms with van der Waals surface area (Å²) in [6.07, 6.45) is 0. The number of hydrogen-bond acceptors (Lipinski definition) is 6. The van der Waals surface area contributed by atoms with Gasteiger partial charge in [0.2, 0.25) is 5.91 Å². The first-order valence-electron chi connectivity index (χ1n) is 5.94. The number of nitrogens with zero attached hydrogens (tertiary/aromatic N) is 1. The van der Waals surface area contributed by atoms with Crippen LogP contribution in [0, 0.1) is 0 Å². The number of esters is 1. The van der Waals surface area contributed by atoms with E-state index in [4.69, 9.17) is 5.73 Å². The van der Waals surface area contributed by atoms with Crippen LogP contribution in [0.15, 0.2) is 11.4 Å². The van der Waals surface area contributed by atoms with Crippen LogP contribution in [0.2, 0.25) is 0 Å². The van der Waals surface area contributed by atoms with E-state index in [0.717, 1.165) is 0 Å². The van der Waals surface area contributed by atoms with Crippen molar-refractivity contribution in [2.24, 2.45) is 5.73 Å². The van der Waals surface area contributed by atoms with Crippen LogP contribution in [-0.4, -0.2) is 49.4 Å². The van der Waals surface area contributed by atoms with E-state index in [9.17, 15) is 14.4 Å². The number of anilines is 1. The third-order valence-corrected chi connectivity index (χ3v) is 3.41. The zero-order chi connectivity index (χ0) is 15.1. The van der Waals surface area contributed by atoms with Crippen molar-refractivity contribution in [1.29, 1.82) is 0 Å². The van der Waals surface area contributed by atoms with Gasteiger partial charge < -0.3 is 15.8 Å². The van der Waals surface area contributed by atoms with Gasteiger partial charge in [-0.05, 0) is 18.0 Å². The van der Waals surface area contributed by atoms with Crippen molar-refractivity contribution < 1.29 is 19.1 Å². The van der Waals surface area contributed by atoms with Gasteiger partial charge in [-0.25, -0.2) is 0 Å². The molecule has 1 rings (SSSR count). The predicted octanol–water partition coefficient (Wildman–Crippen LogP) is 0.280. The summed E-state index contributed by atoms with van der Waals surface area (Å²) in [4.78, 5) is 35.8. The Balaban J connectivity index is 2.60. The number of carbonyl (C=O) groups is 3. The fourth-order valence-corrected chi connectivity index (χ4v) is 2.30. The summed E-state index contributed by atoms with van der Waals surface area (Å²) in [7, 11) is 1.29. The predicted molar refractivity (Wildman–Crippen MR) is 75.6 cm³/mol. The summed E-state index contributed by atoms with van der Waals surface area (Å²) >= 11 is 1.22. The number of rotatable bonds is 7. The Morgan fingerprint density at radius 1 is 1.40 bits per heavy atom. The molecule has 0 saturated carbocycles. The van der Waals surface area contributed by atoms with Crippen molar-refractivity contribution in [1.82, 2.24) is 4.90 Å². The van der Waals surface area contributed by atoms with Crippen molar-refractivity contribution in [2.75, 3.05) is 32.1 Å². The minimum Gasteiger partial charge on any atom is -0.468 e. The maximum atomic E-state index is 11.9. The first-order valence-corrected chi connectivity index (χ1v) is 6.82. The van der Waals surface area contributed by atoms with Crippen LogP contribution in [0.3, 0.4) is 0 Å². The van der Waals surface area contributed by atoms with Crippen molar-refractivity contribution >= 4 is 34.1 Å². The molecule has 0 radical (unpaired) electrons. The molecular formula is C12H17N3O4S. The van der Waals surface area contributed by atoms with E-state index in [-0.39, 0.29) is 24.6 Å². The first kappa shape index (κ1) is 16.1. The van der Waals surface area contributed by atoms with E-state index in [1.54, 1.807) is 16.3 Å². The third kappa shape index (κ3) is 4.63. The second-order valence-corrected chi connectivity index (χ2v) is 4.87. The van der Waals surface area contributed by atoms with Crippen LogP contribution in [0.5, 0.6) is 0 Å². The molecule has 110 valence electrons. The highest BCUT2D eigenvalue weighted by Gasteiger charge is 2.16. The van der Waals surface area contributed by atoms with Gasteiger partial charge in [0.15, 0.2) is 0 Å². The quantitative estimate of drug-likeness (QED) is 0.704. The number of nitrogens with two attached hydrogens (primary N) is 1. The number of primary amides is 1. The van der Waals surface area contributed by atoms with Gasteiger partial charge in [-0.3, -0.25) is 19.3 Å². The average Bonchev–Trinajstić information content (AvgIpc) is 2.85. The molecular weight excluding hydrogens is 282 g/mol. The molecule has 20 heavy (non-hydrogen) atoms. The van der Waals surface area contributed by atoms with Gasteiger partial charge >= 0.3 is 5.97 Å². The maximum Gasteiger partial charge on any atom is 0.319 e. The standard InChI is InChI=1S/C12H17N3O4S/c1-3-15(7-10(17)19-2)6-9(16)14-12-8(11(13)18)4-5-20-12/h4-5H,3,6-7H2,1-2H3,(H2,13,18)(H,14,16). The lowest BCUT2D eigenvalue weighted by Gasteiger charge is -2.18. The van der Waals surface area contributed by atoms with Crippen LogP contribution in [0.4, 0.5) is 5.00 Å².